The zero-order valence-electron chi connectivity index (χ0n) is 19.1. The number of primary amides is 1. The Labute approximate surface area is 211 Å². The van der Waals surface area contributed by atoms with Crippen LogP contribution in [-0.2, 0) is 17.8 Å². The van der Waals surface area contributed by atoms with Crippen LogP contribution in [0.3, 0.4) is 0 Å². The molecule has 5 nitrogen and oxygen atoms in total. The predicted molar refractivity (Wildman–Crippen MR) is 141 cm³/mol. The maximum Gasteiger partial charge on any atom is 0.289 e. The lowest BCUT2D eigenvalue weighted by atomic mass is 9.93. The summed E-state index contributed by atoms with van der Waals surface area (Å²) in [5, 5.41) is 4.11. The summed E-state index contributed by atoms with van der Waals surface area (Å²) in [6, 6.07) is 21.9. The first-order chi connectivity index (χ1) is 17.1. The molecule has 0 spiro atoms. The number of amides is 1. The number of benzene rings is 1. The number of carbonyl (C=O) groups excluding carboxylic acids is 2. The van der Waals surface area contributed by atoms with Gasteiger partial charge in [0, 0.05) is 21.6 Å². The average Bonchev–Trinajstić information content (AvgIpc) is 3.65. The molecule has 0 fully saturated rings. The molecular formula is C28H24N2O3S2. The number of nitrogens with two attached hydrogens (primary N) is 1. The van der Waals surface area contributed by atoms with E-state index in [1.807, 2.05) is 72.1 Å². The SMILES string of the molecule is CCc1c(C(=O)C(N)=O)c2c(OCc3ccccc3)cccn2c1C(c1cccs1)c1cccs1. The van der Waals surface area contributed by atoms with Crippen molar-refractivity contribution in [3.63, 3.8) is 0 Å². The second-order valence-electron chi connectivity index (χ2n) is 8.11. The van der Waals surface area contributed by atoms with Gasteiger partial charge in [-0.15, -0.1) is 22.7 Å². The number of hydrogen-bond donors (Lipinski definition) is 1. The van der Waals surface area contributed by atoms with Gasteiger partial charge in [-0.3, -0.25) is 9.59 Å². The Balaban J connectivity index is 1.77. The summed E-state index contributed by atoms with van der Waals surface area (Å²) < 4.78 is 8.24. The zero-order valence-corrected chi connectivity index (χ0v) is 20.8. The van der Waals surface area contributed by atoms with Gasteiger partial charge >= 0.3 is 0 Å². The summed E-state index contributed by atoms with van der Waals surface area (Å²) in [5.41, 5.74) is 9.23. The molecule has 0 saturated heterocycles. The fourth-order valence-corrected chi connectivity index (χ4v) is 6.33. The molecule has 5 rings (SSSR count). The third-order valence-electron chi connectivity index (χ3n) is 6.03. The van der Waals surface area contributed by atoms with Crippen LogP contribution in [-0.4, -0.2) is 16.1 Å². The number of pyridine rings is 1. The van der Waals surface area contributed by atoms with Crippen molar-refractivity contribution < 1.29 is 14.3 Å². The maximum absolute atomic E-state index is 13.2. The number of aromatic nitrogens is 1. The highest BCUT2D eigenvalue weighted by atomic mass is 32.1. The fourth-order valence-electron chi connectivity index (χ4n) is 4.56. The van der Waals surface area contributed by atoms with Crippen molar-refractivity contribution in [1.82, 2.24) is 4.40 Å². The minimum atomic E-state index is -0.972. The molecule has 0 atom stereocenters. The van der Waals surface area contributed by atoms with E-state index in [1.165, 1.54) is 0 Å². The molecule has 0 aliphatic rings. The molecule has 5 aromatic rings. The Morgan fingerprint density at radius 1 is 0.943 bits per heavy atom. The number of ketones is 1. The van der Waals surface area contributed by atoms with Crippen LogP contribution in [0.15, 0.2) is 83.7 Å². The predicted octanol–water partition coefficient (Wildman–Crippen LogP) is 6.05. The third-order valence-corrected chi connectivity index (χ3v) is 7.91. The van der Waals surface area contributed by atoms with Crippen LogP contribution in [0, 0.1) is 0 Å². The van der Waals surface area contributed by atoms with Crippen LogP contribution in [0.4, 0.5) is 0 Å². The second kappa shape index (κ2) is 9.90. The summed E-state index contributed by atoms with van der Waals surface area (Å²) in [6.07, 6.45) is 2.50. The highest BCUT2D eigenvalue weighted by Gasteiger charge is 2.33. The van der Waals surface area contributed by atoms with E-state index in [0.29, 0.717) is 29.9 Å². The second-order valence-corrected chi connectivity index (χ2v) is 10.1. The van der Waals surface area contributed by atoms with E-state index < -0.39 is 11.7 Å². The Kier molecular flexibility index (Phi) is 6.53. The van der Waals surface area contributed by atoms with Gasteiger partial charge in [0.05, 0.1) is 17.0 Å². The van der Waals surface area contributed by atoms with E-state index in [4.69, 9.17) is 10.5 Å². The smallest absolute Gasteiger partial charge is 0.289 e. The first kappa shape index (κ1) is 23.1. The summed E-state index contributed by atoms with van der Waals surface area (Å²) in [6.45, 7) is 2.34. The molecule has 1 aromatic carbocycles. The standard InChI is InChI=1S/C28H24N2O3S2/c1-2-19-23(27(31)28(29)32)26-20(33-17-18-9-4-3-5-10-18)11-6-14-30(26)25(19)24(21-12-7-15-34-21)22-13-8-16-35-22/h3-16,24H,2,17H2,1H3,(H2,29,32). The number of Topliss-reactive ketones (excluding diaryl/α,β-unsaturated/α-hetero) is 1. The van der Waals surface area contributed by atoms with Crippen LogP contribution >= 0.6 is 22.7 Å². The molecule has 0 aliphatic heterocycles. The summed E-state index contributed by atoms with van der Waals surface area (Å²) >= 11 is 3.35. The molecule has 0 bridgehead atoms. The highest BCUT2D eigenvalue weighted by molar-refractivity contribution is 7.11. The molecule has 4 heterocycles. The van der Waals surface area contributed by atoms with Crippen molar-refractivity contribution >= 4 is 39.9 Å². The molecule has 2 N–H and O–H groups in total. The van der Waals surface area contributed by atoms with Crippen molar-refractivity contribution in [3.05, 3.63) is 116 Å². The number of ether oxygens (including phenoxy) is 1. The maximum atomic E-state index is 13.2. The topological polar surface area (TPSA) is 73.8 Å². The lowest BCUT2D eigenvalue weighted by Gasteiger charge is -2.17. The van der Waals surface area contributed by atoms with Crippen LogP contribution in [0.1, 0.15) is 49.8 Å². The summed E-state index contributed by atoms with van der Waals surface area (Å²) in [7, 11) is 0. The van der Waals surface area contributed by atoms with Crippen LogP contribution in [0.2, 0.25) is 0 Å². The summed E-state index contributed by atoms with van der Waals surface area (Å²) in [4.78, 5) is 27.7. The lowest BCUT2D eigenvalue weighted by molar-refractivity contribution is -0.114. The van der Waals surface area contributed by atoms with E-state index in [0.717, 1.165) is 26.6 Å². The molecular weight excluding hydrogens is 476 g/mol. The van der Waals surface area contributed by atoms with Gasteiger partial charge in [0.15, 0.2) is 0 Å². The summed E-state index contributed by atoms with van der Waals surface area (Å²) in [5.74, 6) is -1.22. The molecule has 35 heavy (non-hydrogen) atoms. The third kappa shape index (κ3) is 4.29. The Bertz CT molecular complexity index is 1440. The number of thiophene rings is 2. The van der Waals surface area contributed by atoms with Gasteiger partial charge in [-0.05, 0) is 52.6 Å². The molecule has 1 amide bonds. The van der Waals surface area contributed by atoms with Gasteiger partial charge in [0.2, 0.25) is 0 Å². The van der Waals surface area contributed by atoms with Gasteiger partial charge in [-0.1, -0.05) is 49.4 Å². The minimum Gasteiger partial charge on any atom is -0.487 e. The molecule has 176 valence electrons. The van der Waals surface area contributed by atoms with E-state index in [9.17, 15) is 9.59 Å². The first-order valence-electron chi connectivity index (χ1n) is 11.3. The van der Waals surface area contributed by atoms with E-state index >= 15 is 0 Å². The number of nitrogens with zero attached hydrogens (tertiary/aromatic N) is 1. The Morgan fingerprint density at radius 2 is 1.63 bits per heavy atom. The number of rotatable bonds is 9. The molecule has 0 aliphatic carbocycles. The lowest BCUT2D eigenvalue weighted by Crippen LogP contribution is -2.24. The number of hydrogen-bond acceptors (Lipinski definition) is 5. The number of carbonyl (C=O) groups is 2. The van der Waals surface area contributed by atoms with E-state index in [2.05, 4.69) is 22.9 Å². The highest BCUT2D eigenvalue weighted by Crippen LogP contribution is 2.43. The number of fused-ring (bicyclic) bond motifs is 1. The Morgan fingerprint density at radius 3 is 2.20 bits per heavy atom. The first-order valence-corrected chi connectivity index (χ1v) is 13.1. The van der Waals surface area contributed by atoms with Crippen molar-refractivity contribution in [3.8, 4) is 5.75 Å². The molecule has 0 unspecified atom stereocenters. The minimum absolute atomic E-state index is 0.0868. The van der Waals surface area contributed by atoms with Gasteiger partial charge in [0.25, 0.3) is 11.7 Å². The largest absolute Gasteiger partial charge is 0.487 e. The van der Waals surface area contributed by atoms with Crippen LogP contribution in [0.25, 0.3) is 5.52 Å². The molecule has 4 aromatic heterocycles. The average molecular weight is 501 g/mol. The van der Waals surface area contributed by atoms with Crippen molar-refractivity contribution in [2.45, 2.75) is 25.9 Å². The van der Waals surface area contributed by atoms with Crippen LogP contribution < -0.4 is 10.5 Å². The van der Waals surface area contributed by atoms with Gasteiger partial charge in [-0.2, -0.15) is 0 Å². The van der Waals surface area contributed by atoms with Gasteiger partial charge in [-0.25, -0.2) is 0 Å². The molecule has 0 saturated carbocycles. The van der Waals surface area contributed by atoms with E-state index in [-0.39, 0.29) is 5.92 Å². The van der Waals surface area contributed by atoms with Gasteiger partial charge in [0.1, 0.15) is 12.4 Å². The van der Waals surface area contributed by atoms with Crippen LogP contribution in [0.5, 0.6) is 5.75 Å². The zero-order chi connectivity index (χ0) is 24.4. The monoisotopic (exact) mass is 500 g/mol. The van der Waals surface area contributed by atoms with Crippen molar-refractivity contribution in [2.24, 2.45) is 5.73 Å². The van der Waals surface area contributed by atoms with E-state index in [1.54, 1.807) is 22.7 Å². The van der Waals surface area contributed by atoms with Crippen molar-refractivity contribution in [1.29, 1.82) is 0 Å². The fraction of sp³-hybridized carbons (Fsp3) is 0.143. The van der Waals surface area contributed by atoms with Gasteiger partial charge < -0.3 is 14.9 Å². The van der Waals surface area contributed by atoms with Crippen molar-refractivity contribution in [2.75, 3.05) is 0 Å². The molecule has 7 heteroatoms. The molecule has 0 radical (unpaired) electrons. The normalized spacial score (nSPS) is 11.3. The quantitative estimate of drug-likeness (QED) is 0.198. The Hall–Kier alpha value is -3.68.